The zero-order valence-electron chi connectivity index (χ0n) is 10.9. The Morgan fingerprint density at radius 3 is 2.67 bits per heavy atom. The van der Waals surface area contributed by atoms with Crippen molar-refractivity contribution in [2.75, 3.05) is 0 Å². The number of urea groups is 1. The summed E-state index contributed by atoms with van der Waals surface area (Å²) in [6.07, 6.45) is 3.29. The van der Waals surface area contributed by atoms with Gasteiger partial charge in [-0.25, -0.2) is 4.79 Å². The molecule has 1 aromatic carbocycles. The number of para-hydroxylation sites is 1. The molecule has 0 unspecified atom stereocenters. The lowest BCUT2D eigenvalue weighted by Crippen LogP contribution is -2.22. The van der Waals surface area contributed by atoms with Crippen molar-refractivity contribution in [3.63, 3.8) is 0 Å². The zero-order chi connectivity index (χ0) is 15.0. The summed E-state index contributed by atoms with van der Waals surface area (Å²) in [5.41, 5.74) is 6.95. The Hall–Kier alpha value is -3.09. The van der Waals surface area contributed by atoms with Gasteiger partial charge >= 0.3 is 6.03 Å². The van der Waals surface area contributed by atoms with Gasteiger partial charge in [-0.3, -0.25) is 14.9 Å². The van der Waals surface area contributed by atoms with E-state index in [9.17, 15) is 14.4 Å². The number of hydrogen-bond donors (Lipinski definition) is 3. The van der Waals surface area contributed by atoms with Crippen molar-refractivity contribution in [1.29, 1.82) is 0 Å². The molecule has 0 bridgehead atoms. The molecule has 3 rings (SSSR count). The van der Waals surface area contributed by atoms with Crippen LogP contribution in [0.25, 0.3) is 17.0 Å². The molecule has 21 heavy (non-hydrogen) atoms. The van der Waals surface area contributed by atoms with Gasteiger partial charge in [0.1, 0.15) is 12.2 Å². The van der Waals surface area contributed by atoms with Crippen LogP contribution in [-0.4, -0.2) is 22.4 Å². The number of amides is 4. The number of nitrogens with zero attached hydrogens (tertiary/aromatic N) is 1. The van der Waals surface area contributed by atoms with Crippen molar-refractivity contribution in [2.45, 2.75) is 6.54 Å². The number of nitrogens with two attached hydrogens (primary N) is 1. The molecule has 0 spiro atoms. The summed E-state index contributed by atoms with van der Waals surface area (Å²) in [5, 5.41) is 5.42. The van der Waals surface area contributed by atoms with E-state index in [1.165, 1.54) is 0 Å². The number of carbonyl (C=O) groups excluding carboxylic acids is 3. The van der Waals surface area contributed by atoms with Gasteiger partial charge in [0.25, 0.3) is 5.91 Å². The summed E-state index contributed by atoms with van der Waals surface area (Å²) in [5.74, 6) is -0.936. The van der Waals surface area contributed by atoms with Crippen LogP contribution >= 0.6 is 0 Å². The summed E-state index contributed by atoms with van der Waals surface area (Å²) in [4.78, 5) is 33.8. The Balaban J connectivity index is 2.11. The summed E-state index contributed by atoms with van der Waals surface area (Å²) in [6, 6.07) is 6.88. The number of fused-ring (bicyclic) bond motifs is 1. The third kappa shape index (κ3) is 2.36. The molecule has 4 amide bonds. The first-order chi connectivity index (χ1) is 10.0. The lowest BCUT2D eigenvalue weighted by Gasteiger charge is -2.00. The molecule has 7 heteroatoms. The van der Waals surface area contributed by atoms with Gasteiger partial charge in [0, 0.05) is 22.7 Å². The largest absolute Gasteiger partial charge is 0.368 e. The SMILES string of the molecule is NC(=O)Cn1cc(/C=C2/NC(=O)NC2=O)c2ccccc21. The van der Waals surface area contributed by atoms with Crippen LogP contribution in [0, 0.1) is 0 Å². The fraction of sp³-hybridized carbons (Fsp3) is 0.0714. The Bertz CT molecular complexity index is 804. The van der Waals surface area contributed by atoms with E-state index in [-0.39, 0.29) is 12.2 Å². The van der Waals surface area contributed by atoms with Gasteiger partial charge in [-0.2, -0.15) is 0 Å². The molecule has 1 aromatic heterocycles. The number of hydrogen-bond acceptors (Lipinski definition) is 3. The third-order valence-electron chi connectivity index (χ3n) is 3.17. The Labute approximate surface area is 119 Å². The normalized spacial score (nSPS) is 16.3. The Morgan fingerprint density at radius 1 is 1.24 bits per heavy atom. The van der Waals surface area contributed by atoms with E-state index in [4.69, 9.17) is 5.73 Å². The topological polar surface area (TPSA) is 106 Å². The number of primary amides is 1. The summed E-state index contributed by atoms with van der Waals surface area (Å²) < 4.78 is 1.71. The average Bonchev–Trinajstić information content (AvgIpc) is 2.91. The number of benzene rings is 1. The number of aromatic nitrogens is 1. The predicted octanol–water partition coefficient (Wildman–Crippen LogP) is 0.307. The quantitative estimate of drug-likeness (QED) is 0.557. The molecule has 0 radical (unpaired) electrons. The van der Waals surface area contributed by atoms with E-state index in [1.807, 2.05) is 24.3 Å². The van der Waals surface area contributed by atoms with Gasteiger partial charge in [0.15, 0.2) is 0 Å². The minimum atomic E-state index is -0.549. The van der Waals surface area contributed by atoms with Crippen molar-refractivity contribution in [3.05, 3.63) is 41.7 Å². The van der Waals surface area contributed by atoms with E-state index in [0.29, 0.717) is 0 Å². The van der Waals surface area contributed by atoms with Crippen molar-refractivity contribution in [2.24, 2.45) is 5.73 Å². The second kappa shape index (κ2) is 4.78. The van der Waals surface area contributed by atoms with Crippen LogP contribution in [0.3, 0.4) is 0 Å². The molecular formula is C14H12N4O3. The van der Waals surface area contributed by atoms with E-state index < -0.39 is 17.8 Å². The third-order valence-corrected chi connectivity index (χ3v) is 3.17. The molecule has 0 saturated carbocycles. The number of imide groups is 1. The molecule has 1 fully saturated rings. The number of rotatable bonds is 3. The Morgan fingerprint density at radius 2 is 2.00 bits per heavy atom. The highest BCUT2D eigenvalue weighted by Gasteiger charge is 2.23. The highest BCUT2D eigenvalue weighted by molar-refractivity contribution is 6.14. The maximum atomic E-state index is 11.6. The molecule has 0 aliphatic carbocycles. The van der Waals surface area contributed by atoms with Crippen molar-refractivity contribution in [3.8, 4) is 0 Å². The highest BCUT2D eigenvalue weighted by atomic mass is 16.2. The maximum Gasteiger partial charge on any atom is 0.326 e. The molecule has 1 aliphatic heterocycles. The molecule has 106 valence electrons. The molecule has 1 aliphatic rings. The van der Waals surface area contributed by atoms with E-state index in [2.05, 4.69) is 10.6 Å². The predicted molar refractivity (Wildman–Crippen MR) is 75.8 cm³/mol. The minimum Gasteiger partial charge on any atom is -0.368 e. The fourth-order valence-electron chi connectivity index (χ4n) is 2.33. The van der Waals surface area contributed by atoms with Crippen LogP contribution in [0.2, 0.25) is 0 Å². The summed E-state index contributed by atoms with van der Waals surface area (Å²) in [7, 11) is 0. The van der Waals surface area contributed by atoms with E-state index in [0.717, 1.165) is 16.5 Å². The second-order valence-corrected chi connectivity index (χ2v) is 4.66. The first-order valence-corrected chi connectivity index (χ1v) is 6.25. The van der Waals surface area contributed by atoms with Crippen LogP contribution in [0.1, 0.15) is 5.56 Å². The van der Waals surface area contributed by atoms with Crippen LogP contribution in [0.4, 0.5) is 4.79 Å². The van der Waals surface area contributed by atoms with Gasteiger partial charge in [0.05, 0.1) is 0 Å². The van der Waals surface area contributed by atoms with Gasteiger partial charge in [-0.15, -0.1) is 0 Å². The first-order valence-electron chi connectivity index (χ1n) is 6.25. The monoisotopic (exact) mass is 284 g/mol. The average molecular weight is 284 g/mol. The minimum absolute atomic E-state index is 0.0439. The van der Waals surface area contributed by atoms with Crippen molar-refractivity contribution < 1.29 is 14.4 Å². The Kier molecular flexibility index (Phi) is 2.94. The maximum absolute atomic E-state index is 11.6. The van der Waals surface area contributed by atoms with Gasteiger partial charge in [0.2, 0.25) is 5.91 Å². The standard InChI is InChI=1S/C14H12N4O3/c15-12(19)7-18-6-8(9-3-1-2-4-11(9)18)5-10-13(20)17-14(21)16-10/h1-6H,7H2,(H2,15,19)(H2,16,17,20,21)/b10-5+. The smallest absolute Gasteiger partial charge is 0.326 e. The lowest BCUT2D eigenvalue weighted by molar-refractivity contribution is -0.118. The van der Waals surface area contributed by atoms with E-state index >= 15 is 0 Å². The zero-order valence-corrected chi connectivity index (χ0v) is 10.9. The van der Waals surface area contributed by atoms with Crippen LogP contribution in [0.5, 0.6) is 0 Å². The van der Waals surface area contributed by atoms with Crippen LogP contribution in [0.15, 0.2) is 36.2 Å². The fourth-order valence-corrected chi connectivity index (χ4v) is 2.33. The molecular weight excluding hydrogens is 272 g/mol. The number of carbonyl (C=O) groups is 3. The molecule has 0 atom stereocenters. The van der Waals surface area contributed by atoms with Crippen molar-refractivity contribution >= 4 is 34.8 Å². The molecule has 7 nitrogen and oxygen atoms in total. The lowest BCUT2D eigenvalue weighted by atomic mass is 10.1. The molecule has 2 aromatic rings. The number of nitrogens with one attached hydrogen (secondary N) is 2. The first kappa shape index (κ1) is 12.9. The van der Waals surface area contributed by atoms with Crippen LogP contribution < -0.4 is 16.4 Å². The molecule has 4 N–H and O–H groups in total. The summed E-state index contributed by atoms with van der Waals surface area (Å²) in [6.45, 7) is 0.0439. The highest BCUT2D eigenvalue weighted by Crippen LogP contribution is 2.23. The van der Waals surface area contributed by atoms with E-state index in [1.54, 1.807) is 16.8 Å². The molecule has 2 heterocycles. The second-order valence-electron chi connectivity index (χ2n) is 4.66. The van der Waals surface area contributed by atoms with Gasteiger partial charge in [-0.05, 0) is 12.1 Å². The van der Waals surface area contributed by atoms with Gasteiger partial charge in [-0.1, -0.05) is 18.2 Å². The van der Waals surface area contributed by atoms with Crippen LogP contribution in [-0.2, 0) is 16.1 Å². The van der Waals surface area contributed by atoms with Crippen molar-refractivity contribution in [1.82, 2.24) is 15.2 Å². The molecule has 1 saturated heterocycles. The van der Waals surface area contributed by atoms with Gasteiger partial charge < -0.3 is 15.6 Å². The summed E-state index contributed by atoms with van der Waals surface area (Å²) >= 11 is 0.